The molecule has 0 aromatic heterocycles. The van der Waals surface area contributed by atoms with E-state index in [9.17, 15) is 9.18 Å². The highest BCUT2D eigenvalue weighted by Gasteiger charge is 2.31. The Morgan fingerprint density at radius 3 is 2.38 bits per heavy atom. The lowest BCUT2D eigenvalue weighted by atomic mass is 9.75. The van der Waals surface area contributed by atoms with Crippen LogP contribution < -0.4 is 5.73 Å². The van der Waals surface area contributed by atoms with Crippen LogP contribution in [0.1, 0.15) is 25.3 Å². The van der Waals surface area contributed by atoms with Crippen molar-refractivity contribution >= 4 is 5.97 Å². The summed E-state index contributed by atoms with van der Waals surface area (Å²) in [7, 11) is 0. The largest absolute Gasteiger partial charge is 0.481 e. The van der Waals surface area contributed by atoms with E-state index in [-0.39, 0.29) is 18.8 Å². The minimum absolute atomic E-state index is 0.0361. The van der Waals surface area contributed by atoms with Gasteiger partial charge in [0.25, 0.3) is 0 Å². The van der Waals surface area contributed by atoms with Gasteiger partial charge in [-0.1, -0.05) is 19.1 Å². The lowest BCUT2D eigenvalue weighted by molar-refractivity contribution is -0.138. The van der Waals surface area contributed by atoms with Gasteiger partial charge < -0.3 is 10.8 Å². The molecule has 0 heterocycles. The van der Waals surface area contributed by atoms with Gasteiger partial charge in [0.15, 0.2) is 0 Å². The van der Waals surface area contributed by atoms with Gasteiger partial charge >= 0.3 is 5.97 Å². The number of carboxylic acids is 1. The summed E-state index contributed by atoms with van der Waals surface area (Å²) in [5, 5.41) is 8.90. The van der Waals surface area contributed by atoms with Gasteiger partial charge in [-0.05, 0) is 24.1 Å². The predicted molar refractivity (Wildman–Crippen MR) is 59.7 cm³/mol. The molecule has 1 aromatic carbocycles. The molecule has 1 unspecified atom stereocenters. The lowest BCUT2D eigenvalue weighted by Crippen LogP contribution is -2.36. The fourth-order valence-electron chi connectivity index (χ4n) is 1.86. The summed E-state index contributed by atoms with van der Waals surface area (Å²) in [5.41, 5.74) is 5.86. The van der Waals surface area contributed by atoms with Crippen molar-refractivity contribution in [1.29, 1.82) is 0 Å². The van der Waals surface area contributed by atoms with Crippen molar-refractivity contribution < 1.29 is 14.3 Å². The first-order valence-electron chi connectivity index (χ1n) is 5.22. The zero-order valence-corrected chi connectivity index (χ0v) is 9.24. The van der Waals surface area contributed by atoms with E-state index in [1.807, 2.05) is 6.92 Å². The molecule has 1 aromatic rings. The molecule has 1 atom stereocenters. The molecular weight excluding hydrogens is 209 g/mol. The number of halogens is 1. The molecule has 1 rings (SSSR count). The first-order valence-corrected chi connectivity index (χ1v) is 5.22. The summed E-state index contributed by atoms with van der Waals surface area (Å²) in [6.07, 6.45) is 0.576. The smallest absolute Gasteiger partial charge is 0.304 e. The Bertz CT molecular complexity index is 358. The SMILES string of the molecule is CCC(CN)(CC(=O)O)c1ccc(F)cc1. The molecule has 0 aliphatic rings. The monoisotopic (exact) mass is 225 g/mol. The average molecular weight is 225 g/mol. The van der Waals surface area contributed by atoms with Crippen molar-refractivity contribution in [2.75, 3.05) is 6.54 Å². The molecule has 0 aliphatic heterocycles. The summed E-state index contributed by atoms with van der Waals surface area (Å²) in [6.45, 7) is 2.13. The van der Waals surface area contributed by atoms with Gasteiger partial charge in [-0.2, -0.15) is 0 Å². The molecule has 0 fully saturated rings. The maximum Gasteiger partial charge on any atom is 0.304 e. The molecule has 0 spiro atoms. The number of carboxylic acid groups (broad SMARTS) is 1. The Kier molecular flexibility index (Phi) is 4.01. The van der Waals surface area contributed by atoms with E-state index in [1.54, 1.807) is 12.1 Å². The molecule has 0 bridgehead atoms. The Hall–Kier alpha value is -1.42. The van der Waals surface area contributed by atoms with Crippen molar-refractivity contribution in [2.45, 2.75) is 25.2 Å². The van der Waals surface area contributed by atoms with Crippen LogP contribution in [0.25, 0.3) is 0 Å². The van der Waals surface area contributed by atoms with Crippen LogP contribution >= 0.6 is 0 Å². The van der Waals surface area contributed by atoms with Gasteiger partial charge in [0.05, 0.1) is 6.42 Å². The first kappa shape index (κ1) is 12.6. The van der Waals surface area contributed by atoms with E-state index in [2.05, 4.69) is 0 Å². The number of nitrogens with two attached hydrogens (primary N) is 1. The average Bonchev–Trinajstić information content (AvgIpc) is 2.27. The standard InChI is InChI=1S/C12H16FNO2/c1-2-12(8-14,7-11(15)16)9-3-5-10(13)6-4-9/h3-6H,2,7-8,14H2,1H3,(H,15,16). The Labute approximate surface area is 94.1 Å². The van der Waals surface area contributed by atoms with Crippen LogP contribution in [0.2, 0.25) is 0 Å². The molecule has 0 radical (unpaired) electrons. The van der Waals surface area contributed by atoms with Crippen LogP contribution in [0.15, 0.2) is 24.3 Å². The molecule has 3 N–H and O–H groups in total. The van der Waals surface area contributed by atoms with Crippen LogP contribution in [0, 0.1) is 5.82 Å². The third-order valence-corrected chi connectivity index (χ3v) is 3.01. The fraction of sp³-hybridized carbons (Fsp3) is 0.417. The molecule has 0 amide bonds. The second kappa shape index (κ2) is 5.07. The zero-order chi connectivity index (χ0) is 12.2. The van der Waals surface area contributed by atoms with E-state index < -0.39 is 11.4 Å². The molecule has 3 nitrogen and oxygen atoms in total. The third-order valence-electron chi connectivity index (χ3n) is 3.01. The van der Waals surface area contributed by atoms with Gasteiger partial charge in [0.2, 0.25) is 0 Å². The van der Waals surface area contributed by atoms with Gasteiger partial charge in [-0.15, -0.1) is 0 Å². The van der Waals surface area contributed by atoms with Crippen LogP contribution in [0.5, 0.6) is 0 Å². The Morgan fingerprint density at radius 2 is 2.00 bits per heavy atom. The highest BCUT2D eigenvalue weighted by atomic mass is 19.1. The fourth-order valence-corrected chi connectivity index (χ4v) is 1.86. The van der Waals surface area contributed by atoms with Crippen LogP contribution in [0.3, 0.4) is 0 Å². The topological polar surface area (TPSA) is 63.3 Å². The second-order valence-corrected chi connectivity index (χ2v) is 3.92. The third kappa shape index (κ3) is 2.58. The molecule has 88 valence electrons. The molecule has 0 aliphatic carbocycles. The molecular formula is C12H16FNO2. The Balaban J connectivity index is 3.09. The lowest BCUT2D eigenvalue weighted by Gasteiger charge is -2.30. The summed E-state index contributed by atoms with van der Waals surface area (Å²) in [4.78, 5) is 10.8. The quantitative estimate of drug-likeness (QED) is 0.804. The molecule has 0 saturated carbocycles. The van der Waals surface area contributed by atoms with E-state index in [4.69, 9.17) is 10.8 Å². The number of rotatable bonds is 5. The number of aliphatic carboxylic acids is 1. The van der Waals surface area contributed by atoms with Crippen molar-refractivity contribution in [3.63, 3.8) is 0 Å². The minimum atomic E-state index is -0.892. The van der Waals surface area contributed by atoms with Crippen LogP contribution in [0.4, 0.5) is 4.39 Å². The maximum atomic E-state index is 12.8. The van der Waals surface area contributed by atoms with Crippen LogP contribution in [-0.4, -0.2) is 17.6 Å². The minimum Gasteiger partial charge on any atom is -0.481 e. The number of carbonyl (C=O) groups is 1. The maximum absolute atomic E-state index is 12.8. The summed E-state index contributed by atoms with van der Waals surface area (Å²) >= 11 is 0. The van der Waals surface area contributed by atoms with E-state index in [0.29, 0.717) is 6.42 Å². The van der Waals surface area contributed by atoms with Gasteiger partial charge in [0.1, 0.15) is 5.82 Å². The molecule has 0 saturated heterocycles. The number of benzene rings is 1. The molecule has 16 heavy (non-hydrogen) atoms. The number of hydrogen-bond acceptors (Lipinski definition) is 2. The predicted octanol–water partition coefficient (Wildman–Crippen LogP) is 1.91. The van der Waals surface area contributed by atoms with E-state index in [1.165, 1.54) is 12.1 Å². The van der Waals surface area contributed by atoms with Gasteiger partial charge in [0, 0.05) is 12.0 Å². The van der Waals surface area contributed by atoms with Gasteiger partial charge in [-0.25, -0.2) is 4.39 Å². The summed E-state index contributed by atoms with van der Waals surface area (Å²) < 4.78 is 12.8. The summed E-state index contributed by atoms with van der Waals surface area (Å²) in [6, 6.07) is 5.87. The van der Waals surface area contributed by atoms with E-state index >= 15 is 0 Å². The first-order chi connectivity index (χ1) is 7.54. The highest BCUT2D eigenvalue weighted by Crippen LogP contribution is 2.30. The normalized spacial score (nSPS) is 14.4. The summed E-state index contributed by atoms with van der Waals surface area (Å²) in [5.74, 6) is -1.22. The second-order valence-electron chi connectivity index (χ2n) is 3.92. The van der Waals surface area contributed by atoms with E-state index in [0.717, 1.165) is 5.56 Å². The Morgan fingerprint density at radius 1 is 1.44 bits per heavy atom. The molecule has 4 heteroatoms. The zero-order valence-electron chi connectivity index (χ0n) is 9.24. The van der Waals surface area contributed by atoms with Crippen molar-refractivity contribution in [2.24, 2.45) is 5.73 Å². The van der Waals surface area contributed by atoms with Gasteiger partial charge in [-0.3, -0.25) is 4.79 Å². The number of hydrogen-bond donors (Lipinski definition) is 2. The van der Waals surface area contributed by atoms with Crippen molar-refractivity contribution in [1.82, 2.24) is 0 Å². The van der Waals surface area contributed by atoms with Crippen molar-refractivity contribution in [3.05, 3.63) is 35.6 Å². The highest BCUT2D eigenvalue weighted by molar-refractivity contribution is 5.69. The van der Waals surface area contributed by atoms with Crippen molar-refractivity contribution in [3.8, 4) is 0 Å². The van der Waals surface area contributed by atoms with Crippen LogP contribution in [-0.2, 0) is 10.2 Å².